The van der Waals surface area contributed by atoms with Crippen molar-refractivity contribution in [3.8, 4) is 0 Å². The highest BCUT2D eigenvalue weighted by Crippen LogP contribution is 2.30. The van der Waals surface area contributed by atoms with Crippen molar-refractivity contribution in [1.82, 2.24) is 0 Å². The molecule has 0 radical (unpaired) electrons. The standard InChI is InChI=1S/C15H9FO2/c16-11-7-5-10(6-8-11)9-14-12-3-1-2-4-13(12)15(17)18-14/h1-9H/b14-9-. The highest BCUT2D eigenvalue weighted by molar-refractivity contribution is 6.05. The van der Waals surface area contributed by atoms with Crippen molar-refractivity contribution >= 4 is 17.8 Å². The molecule has 88 valence electrons. The van der Waals surface area contributed by atoms with Crippen LogP contribution in [0.15, 0.2) is 48.5 Å². The summed E-state index contributed by atoms with van der Waals surface area (Å²) in [6.45, 7) is 0. The fourth-order valence-electron chi connectivity index (χ4n) is 1.90. The molecule has 1 aliphatic heterocycles. The second kappa shape index (κ2) is 4.11. The van der Waals surface area contributed by atoms with Gasteiger partial charge in [0.2, 0.25) is 0 Å². The van der Waals surface area contributed by atoms with Crippen molar-refractivity contribution in [2.24, 2.45) is 0 Å². The summed E-state index contributed by atoms with van der Waals surface area (Å²) in [7, 11) is 0. The quantitative estimate of drug-likeness (QED) is 0.713. The lowest BCUT2D eigenvalue weighted by molar-refractivity contribution is 0.0717. The number of benzene rings is 2. The molecule has 0 unspecified atom stereocenters. The molecule has 0 bridgehead atoms. The topological polar surface area (TPSA) is 26.3 Å². The Bertz CT molecular complexity index is 642. The molecule has 18 heavy (non-hydrogen) atoms. The second-order valence-corrected chi connectivity index (χ2v) is 4.00. The van der Waals surface area contributed by atoms with Crippen LogP contribution in [0.3, 0.4) is 0 Å². The van der Waals surface area contributed by atoms with Gasteiger partial charge in [0, 0.05) is 5.56 Å². The summed E-state index contributed by atoms with van der Waals surface area (Å²) in [5.41, 5.74) is 2.12. The number of esters is 1. The predicted molar refractivity (Wildman–Crippen MR) is 66.1 cm³/mol. The summed E-state index contributed by atoms with van der Waals surface area (Å²) in [5, 5.41) is 0. The van der Waals surface area contributed by atoms with Crippen LogP contribution in [0.2, 0.25) is 0 Å². The van der Waals surface area contributed by atoms with Gasteiger partial charge in [0.25, 0.3) is 0 Å². The van der Waals surface area contributed by atoms with Crippen LogP contribution >= 0.6 is 0 Å². The number of carbonyl (C=O) groups is 1. The van der Waals surface area contributed by atoms with Gasteiger partial charge < -0.3 is 4.74 Å². The van der Waals surface area contributed by atoms with E-state index in [4.69, 9.17) is 4.74 Å². The maximum absolute atomic E-state index is 12.8. The van der Waals surface area contributed by atoms with Gasteiger partial charge in [-0.25, -0.2) is 9.18 Å². The molecule has 0 fully saturated rings. The Morgan fingerprint density at radius 1 is 0.944 bits per heavy atom. The number of carbonyl (C=O) groups excluding carboxylic acids is 1. The molecule has 0 spiro atoms. The minimum Gasteiger partial charge on any atom is -0.422 e. The van der Waals surface area contributed by atoms with Crippen LogP contribution < -0.4 is 0 Å². The van der Waals surface area contributed by atoms with E-state index in [1.165, 1.54) is 12.1 Å². The van der Waals surface area contributed by atoms with Crippen molar-refractivity contribution in [3.05, 3.63) is 71.0 Å². The average molecular weight is 240 g/mol. The lowest BCUT2D eigenvalue weighted by Crippen LogP contribution is -1.92. The maximum Gasteiger partial charge on any atom is 0.344 e. The zero-order chi connectivity index (χ0) is 12.5. The molecule has 0 aromatic heterocycles. The number of halogens is 1. The molecule has 1 heterocycles. The van der Waals surface area contributed by atoms with E-state index in [0.717, 1.165) is 11.1 Å². The van der Waals surface area contributed by atoms with Crippen molar-refractivity contribution in [2.45, 2.75) is 0 Å². The SMILES string of the molecule is O=C1O/C(=C\c2ccc(F)cc2)c2ccccc21. The normalized spacial score (nSPS) is 15.6. The van der Waals surface area contributed by atoms with Crippen LogP contribution in [0.4, 0.5) is 4.39 Å². The van der Waals surface area contributed by atoms with Gasteiger partial charge in [-0.15, -0.1) is 0 Å². The number of fused-ring (bicyclic) bond motifs is 1. The minimum atomic E-state index is -0.348. The Hall–Kier alpha value is -2.42. The number of rotatable bonds is 1. The lowest BCUT2D eigenvalue weighted by atomic mass is 10.1. The smallest absolute Gasteiger partial charge is 0.344 e. The third-order valence-corrected chi connectivity index (χ3v) is 2.78. The Labute approximate surface area is 103 Å². The Morgan fingerprint density at radius 2 is 1.61 bits per heavy atom. The second-order valence-electron chi connectivity index (χ2n) is 4.00. The Morgan fingerprint density at radius 3 is 2.33 bits per heavy atom. The van der Waals surface area contributed by atoms with E-state index in [0.29, 0.717) is 11.3 Å². The van der Waals surface area contributed by atoms with E-state index in [2.05, 4.69) is 0 Å². The largest absolute Gasteiger partial charge is 0.422 e. The number of hydrogen-bond acceptors (Lipinski definition) is 2. The summed E-state index contributed by atoms with van der Waals surface area (Å²) in [6, 6.07) is 13.2. The first-order valence-corrected chi connectivity index (χ1v) is 5.53. The molecule has 0 aliphatic carbocycles. The van der Waals surface area contributed by atoms with Gasteiger partial charge in [0.1, 0.15) is 11.6 Å². The molecule has 0 saturated carbocycles. The van der Waals surface area contributed by atoms with Crippen LogP contribution in [0.25, 0.3) is 11.8 Å². The lowest BCUT2D eigenvalue weighted by Gasteiger charge is -1.98. The highest BCUT2D eigenvalue weighted by atomic mass is 19.1. The van der Waals surface area contributed by atoms with Crippen molar-refractivity contribution in [2.75, 3.05) is 0 Å². The summed E-state index contributed by atoms with van der Waals surface area (Å²) >= 11 is 0. The number of ether oxygens (including phenoxy) is 1. The monoisotopic (exact) mass is 240 g/mol. The van der Waals surface area contributed by atoms with Gasteiger partial charge >= 0.3 is 5.97 Å². The third-order valence-electron chi connectivity index (χ3n) is 2.78. The van der Waals surface area contributed by atoms with Crippen LogP contribution in [0.1, 0.15) is 21.5 Å². The van der Waals surface area contributed by atoms with E-state index < -0.39 is 0 Å². The number of cyclic esters (lactones) is 1. The first-order chi connectivity index (χ1) is 8.74. The van der Waals surface area contributed by atoms with Crippen molar-refractivity contribution in [1.29, 1.82) is 0 Å². The zero-order valence-corrected chi connectivity index (χ0v) is 9.39. The van der Waals surface area contributed by atoms with E-state index in [9.17, 15) is 9.18 Å². The minimum absolute atomic E-state index is 0.291. The van der Waals surface area contributed by atoms with Crippen molar-refractivity contribution < 1.29 is 13.9 Å². The van der Waals surface area contributed by atoms with E-state index in [1.54, 1.807) is 30.3 Å². The van der Waals surface area contributed by atoms with Gasteiger partial charge in [-0.3, -0.25) is 0 Å². The predicted octanol–water partition coefficient (Wildman–Crippen LogP) is 3.49. The fraction of sp³-hybridized carbons (Fsp3) is 0. The molecule has 3 rings (SSSR count). The van der Waals surface area contributed by atoms with Crippen LogP contribution in [0, 0.1) is 5.82 Å². The highest BCUT2D eigenvalue weighted by Gasteiger charge is 2.25. The van der Waals surface area contributed by atoms with Crippen molar-refractivity contribution in [3.63, 3.8) is 0 Å². The molecular weight excluding hydrogens is 231 g/mol. The molecule has 2 nitrogen and oxygen atoms in total. The summed E-state index contributed by atoms with van der Waals surface area (Å²) in [6.07, 6.45) is 1.73. The molecule has 2 aromatic carbocycles. The zero-order valence-electron chi connectivity index (χ0n) is 9.39. The molecule has 1 aliphatic rings. The van der Waals surface area contributed by atoms with Crippen LogP contribution in [-0.4, -0.2) is 5.97 Å². The van der Waals surface area contributed by atoms with Gasteiger partial charge in [-0.05, 0) is 29.8 Å². The van der Waals surface area contributed by atoms with Crippen LogP contribution in [-0.2, 0) is 4.74 Å². The summed E-state index contributed by atoms with van der Waals surface area (Å²) in [4.78, 5) is 11.6. The van der Waals surface area contributed by atoms with Gasteiger partial charge in [0.15, 0.2) is 0 Å². The first-order valence-electron chi connectivity index (χ1n) is 5.53. The van der Waals surface area contributed by atoms with Gasteiger partial charge in [0.05, 0.1) is 5.56 Å². The average Bonchev–Trinajstić information content (AvgIpc) is 2.70. The fourth-order valence-corrected chi connectivity index (χ4v) is 1.90. The summed E-state index contributed by atoms with van der Waals surface area (Å²) in [5.74, 6) is -0.137. The van der Waals surface area contributed by atoms with E-state index in [-0.39, 0.29) is 11.8 Å². The summed E-state index contributed by atoms with van der Waals surface area (Å²) < 4.78 is 18.0. The molecule has 2 aromatic rings. The molecule has 0 N–H and O–H groups in total. The molecule has 3 heteroatoms. The van der Waals surface area contributed by atoms with Crippen LogP contribution in [0.5, 0.6) is 0 Å². The molecule has 0 saturated heterocycles. The Balaban J connectivity index is 2.04. The first kappa shape index (κ1) is 10.7. The van der Waals surface area contributed by atoms with Gasteiger partial charge in [-0.1, -0.05) is 30.3 Å². The Kier molecular flexibility index (Phi) is 2.45. The van der Waals surface area contributed by atoms with E-state index in [1.807, 2.05) is 12.1 Å². The molecule has 0 atom stereocenters. The van der Waals surface area contributed by atoms with Gasteiger partial charge in [-0.2, -0.15) is 0 Å². The van der Waals surface area contributed by atoms with E-state index >= 15 is 0 Å². The number of hydrogen-bond donors (Lipinski definition) is 0. The third kappa shape index (κ3) is 1.80. The maximum atomic E-state index is 12.8. The molecular formula is C15H9FO2. The molecule has 0 amide bonds.